The van der Waals surface area contributed by atoms with E-state index in [1.54, 1.807) is 11.3 Å². The Morgan fingerprint density at radius 1 is 0.935 bits per heavy atom. The molecule has 1 heterocycles. The van der Waals surface area contributed by atoms with Gasteiger partial charge in [-0.15, -0.1) is 11.3 Å². The standard InChI is InChI=1S/C26H31NO3S/c1-3-4-5-6-7-18-30-23-15-13-22(14-16-23)26-27-24(19-31-26)21-11-8-20(9-12-21)10-17-25(28)29-2/h8-9,11-16,19H,3-7,10,17-18H2,1-2H3. The number of unbranched alkanes of at least 4 members (excludes halogenated alkanes) is 4. The third-order valence-electron chi connectivity index (χ3n) is 5.22. The molecule has 2 aromatic carbocycles. The number of nitrogens with zero attached hydrogens (tertiary/aromatic N) is 1. The van der Waals surface area contributed by atoms with Crippen LogP contribution in [0.2, 0.25) is 0 Å². The zero-order chi connectivity index (χ0) is 21.9. The molecule has 164 valence electrons. The number of methoxy groups -OCH3 is 1. The number of thiazole rings is 1. The molecule has 0 bridgehead atoms. The average Bonchev–Trinajstić information content (AvgIpc) is 3.31. The SMILES string of the molecule is CCCCCCCOc1ccc(-c2nc(-c3ccc(CCC(=O)OC)cc3)cs2)cc1. The lowest BCUT2D eigenvalue weighted by Gasteiger charge is -2.06. The zero-order valence-corrected chi connectivity index (χ0v) is 19.2. The lowest BCUT2D eigenvalue weighted by atomic mass is 10.1. The van der Waals surface area contributed by atoms with Crippen molar-refractivity contribution >= 4 is 17.3 Å². The van der Waals surface area contributed by atoms with E-state index in [1.165, 1.54) is 32.8 Å². The molecule has 5 heteroatoms. The number of hydrogen-bond acceptors (Lipinski definition) is 5. The van der Waals surface area contributed by atoms with Crippen molar-refractivity contribution in [3.8, 4) is 27.6 Å². The van der Waals surface area contributed by atoms with Crippen LogP contribution in [0.5, 0.6) is 5.75 Å². The molecule has 0 aliphatic heterocycles. The van der Waals surface area contributed by atoms with Crippen molar-refractivity contribution in [1.29, 1.82) is 0 Å². The minimum atomic E-state index is -0.184. The van der Waals surface area contributed by atoms with Crippen molar-refractivity contribution in [1.82, 2.24) is 4.98 Å². The Balaban J connectivity index is 1.53. The van der Waals surface area contributed by atoms with Gasteiger partial charge in [-0.25, -0.2) is 4.98 Å². The van der Waals surface area contributed by atoms with E-state index >= 15 is 0 Å². The summed E-state index contributed by atoms with van der Waals surface area (Å²) in [6.07, 6.45) is 7.30. The third kappa shape index (κ3) is 7.21. The topological polar surface area (TPSA) is 48.4 Å². The summed E-state index contributed by atoms with van der Waals surface area (Å²) >= 11 is 1.64. The van der Waals surface area contributed by atoms with Gasteiger partial charge in [-0.1, -0.05) is 56.9 Å². The molecule has 0 fully saturated rings. The Hall–Kier alpha value is -2.66. The maximum atomic E-state index is 11.3. The number of rotatable bonds is 12. The first-order valence-corrected chi connectivity index (χ1v) is 11.9. The van der Waals surface area contributed by atoms with Crippen molar-refractivity contribution < 1.29 is 14.3 Å². The molecule has 0 saturated carbocycles. The molecule has 0 spiro atoms. The second-order valence-corrected chi connectivity index (χ2v) is 8.46. The van der Waals surface area contributed by atoms with Crippen molar-refractivity contribution in [2.45, 2.75) is 51.9 Å². The van der Waals surface area contributed by atoms with Gasteiger partial charge in [0, 0.05) is 22.9 Å². The van der Waals surface area contributed by atoms with Gasteiger partial charge < -0.3 is 9.47 Å². The van der Waals surface area contributed by atoms with Crippen molar-refractivity contribution in [3.63, 3.8) is 0 Å². The fourth-order valence-electron chi connectivity index (χ4n) is 3.32. The first-order chi connectivity index (χ1) is 15.2. The van der Waals surface area contributed by atoms with Gasteiger partial charge in [0.1, 0.15) is 10.8 Å². The summed E-state index contributed by atoms with van der Waals surface area (Å²) in [5.74, 6) is 0.732. The van der Waals surface area contributed by atoms with E-state index in [4.69, 9.17) is 14.5 Å². The number of aromatic nitrogens is 1. The molecule has 31 heavy (non-hydrogen) atoms. The van der Waals surface area contributed by atoms with E-state index in [2.05, 4.69) is 36.6 Å². The molecular formula is C26H31NO3S. The lowest BCUT2D eigenvalue weighted by Crippen LogP contribution is -2.01. The Morgan fingerprint density at radius 2 is 1.65 bits per heavy atom. The molecule has 0 N–H and O–H groups in total. The van der Waals surface area contributed by atoms with Crippen LogP contribution in [0.15, 0.2) is 53.9 Å². The number of carbonyl (C=O) groups excluding carboxylic acids is 1. The highest BCUT2D eigenvalue weighted by Crippen LogP contribution is 2.30. The molecule has 3 aromatic rings. The molecule has 0 amide bonds. The molecule has 0 atom stereocenters. The maximum absolute atomic E-state index is 11.3. The number of benzene rings is 2. The highest BCUT2D eigenvalue weighted by Gasteiger charge is 2.08. The van der Waals surface area contributed by atoms with E-state index < -0.39 is 0 Å². The first-order valence-electron chi connectivity index (χ1n) is 11.0. The summed E-state index contributed by atoms with van der Waals surface area (Å²) in [5.41, 5.74) is 4.26. The molecule has 3 rings (SSSR count). The number of aryl methyl sites for hydroxylation is 1. The van der Waals surface area contributed by atoms with E-state index in [9.17, 15) is 4.79 Å². The Morgan fingerprint density at radius 3 is 2.35 bits per heavy atom. The van der Waals surface area contributed by atoms with Gasteiger partial charge in [0.15, 0.2) is 0 Å². The monoisotopic (exact) mass is 437 g/mol. The van der Waals surface area contributed by atoms with Crippen LogP contribution >= 0.6 is 11.3 Å². The van der Waals surface area contributed by atoms with Gasteiger partial charge >= 0.3 is 5.97 Å². The van der Waals surface area contributed by atoms with E-state index in [0.717, 1.165) is 46.2 Å². The van der Waals surface area contributed by atoms with E-state index in [-0.39, 0.29) is 5.97 Å². The molecule has 0 aliphatic carbocycles. The smallest absolute Gasteiger partial charge is 0.305 e. The highest BCUT2D eigenvalue weighted by molar-refractivity contribution is 7.13. The molecular weight excluding hydrogens is 406 g/mol. The van der Waals surface area contributed by atoms with Crippen LogP contribution in [0.25, 0.3) is 21.8 Å². The van der Waals surface area contributed by atoms with E-state index in [1.807, 2.05) is 24.3 Å². The molecule has 0 saturated heterocycles. The molecule has 0 radical (unpaired) electrons. The third-order valence-corrected chi connectivity index (χ3v) is 6.11. The Bertz CT molecular complexity index is 932. The summed E-state index contributed by atoms with van der Waals surface area (Å²) in [6, 6.07) is 16.4. The number of carbonyl (C=O) groups is 1. The van der Waals surface area contributed by atoms with Crippen LogP contribution in [0.4, 0.5) is 0 Å². The summed E-state index contributed by atoms with van der Waals surface area (Å²) in [7, 11) is 1.42. The van der Waals surface area contributed by atoms with Gasteiger partial charge in [0.2, 0.25) is 0 Å². The van der Waals surface area contributed by atoms with Crippen LogP contribution in [0.1, 0.15) is 51.0 Å². The van der Waals surface area contributed by atoms with Gasteiger partial charge in [-0.3, -0.25) is 4.79 Å². The lowest BCUT2D eigenvalue weighted by molar-refractivity contribution is -0.140. The highest BCUT2D eigenvalue weighted by atomic mass is 32.1. The van der Waals surface area contributed by atoms with Crippen molar-refractivity contribution in [2.24, 2.45) is 0 Å². The molecule has 0 aliphatic rings. The van der Waals surface area contributed by atoms with Crippen molar-refractivity contribution in [2.75, 3.05) is 13.7 Å². The van der Waals surface area contributed by atoms with Crippen LogP contribution < -0.4 is 4.74 Å². The largest absolute Gasteiger partial charge is 0.494 e. The average molecular weight is 438 g/mol. The summed E-state index contributed by atoms with van der Waals surface area (Å²) in [5, 5.41) is 3.08. The minimum Gasteiger partial charge on any atom is -0.494 e. The second-order valence-electron chi connectivity index (χ2n) is 7.60. The van der Waals surface area contributed by atoms with Crippen molar-refractivity contribution in [3.05, 3.63) is 59.5 Å². The minimum absolute atomic E-state index is 0.184. The predicted octanol–water partition coefficient (Wildman–Crippen LogP) is 6.93. The number of hydrogen-bond donors (Lipinski definition) is 0. The van der Waals surface area contributed by atoms with Gasteiger partial charge in [0.05, 0.1) is 19.4 Å². The number of esters is 1. The van der Waals surface area contributed by atoms with Crippen LogP contribution in [0.3, 0.4) is 0 Å². The molecule has 4 nitrogen and oxygen atoms in total. The van der Waals surface area contributed by atoms with Gasteiger partial charge in [-0.05, 0) is 42.7 Å². The first kappa shape index (κ1) is 23.0. The second kappa shape index (κ2) is 12.3. The van der Waals surface area contributed by atoms with Crippen LogP contribution in [-0.4, -0.2) is 24.7 Å². The fourth-order valence-corrected chi connectivity index (χ4v) is 4.15. The van der Waals surface area contributed by atoms with Gasteiger partial charge in [-0.2, -0.15) is 0 Å². The number of ether oxygens (including phenoxy) is 2. The van der Waals surface area contributed by atoms with Crippen LogP contribution in [0, 0.1) is 0 Å². The summed E-state index contributed by atoms with van der Waals surface area (Å²) < 4.78 is 10.6. The maximum Gasteiger partial charge on any atom is 0.305 e. The fraction of sp³-hybridized carbons (Fsp3) is 0.385. The zero-order valence-electron chi connectivity index (χ0n) is 18.4. The Labute approximate surface area is 189 Å². The normalized spacial score (nSPS) is 10.8. The summed E-state index contributed by atoms with van der Waals surface area (Å²) in [6.45, 7) is 3.01. The molecule has 0 unspecified atom stereocenters. The predicted molar refractivity (Wildman–Crippen MR) is 128 cm³/mol. The quantitative estimate of drug-likeness (QED) is 0.228. The molecule has 1 aromatic heterocycles. The summed E-state index contributed by atoms with van der Waals surface area (Å²) in [4.78, 5) is 16.1. The van der Waals surface area contributed by atoms with E-state index in [0.29, 0.717) is 12.8 Å². The van der Waals surface area contributed by atoms with Crippen LogP contribution in [-0.2, 0) is 16.0 Å². The van der Waals surface area contributed by atoms with Gasteiger partial charge in [0.25, 0.3) is 0 Å². The Kier molecular flexibility index (Phi) is 9.10.